The lowest BCUT2D eigenvalue weighted by atomic mass is 9.77. The van der Waals surface area contributed by atoms with Gasteiger partial charge >= 0.3 is 6.09 Å². The van der Waals surface area contributed by atoms with E-state index in [-0.39, 0.29) is 18.5 Å². The zero-order valence-electron chi connectivity index (χ0n) is 28.0. The largest absolute Gasteiger partial charge is 0.489 e. The molecule has 1 N–H and O–H groups in total. The maximum Gasteiger partial charge on any atom is 0.407 e. The normalized spacial score (nSPS) is 16.5. The third-order valence-electron chi connectivity index (χ3n) is 9.15. The van der Waals surface area contributed by atoms with Crippen molar-refractivity contribution in [2.45, 2.75) is 52.8 Å². The van der Waals surface area contributed by atoms with Crippen LogP contribution in [0, 0.1) is 12.3 Å². The molecule has 7 heteroatoms. The summed E-state index contributed by atoms with van der Waals surface area (Å²) in [5, 5.41) is 10.3. The molecule has 0 bridgehead atoms. The highest BCUT2D eigenvalue weighted by atomic mass is 16.5. The molecule has 2 heterocycles. The van der Waals surface area contributed by atoms with Gasteiger partial charge in [-0.3, -0.25) is 4.79 Å². The Bertz CT molecular complexity index is 1860. The predicted molar refractivity (Wildman–Crippen MR) is 190 cm³/mol. The highest BCUT2D eigenvalue weighted by Crippen LogP contribution is 2.38. The molecule has 0 aliphatic carbocycles. The van der Waals surface area contributed by atoms with Crippen molar-refractivity contribution in [1.29, 1.82) is 0 Å². The van der Waals surface area contributed by atoms with Crippen molar-refractivity contribution in [1.82, 2.24) is 14.4 Å². The van der Waals surface area contributed by atoms with Crippen molar-refractivity contribution in [3.8, 4) is 22.7 Å². The van der Waals surface area contributed by atoms with Crippen molar-refractivity contribution in [3.63, 3.8) is 0 Å². The van der Waals surface area contributed by atoms with E-state index >= 15 is 4.79 Å². The Labute approximate surface area is 283 Å². The molecule has 2 amide bonds. The molecule has 48 heavy (non-hydrogen) atoms. The van der Waals surface area contributed by atoms with Gasteiger partial charge in [-0.05, 0) is 60.2 Å². The SMILES string of the molecule is Cc1cc(C(=O)N2CCN(C(=O)O)C(C(C)(C)C)[C@H]2Cc2ccccc2)c(-c2cccc(OCc3ccccc3)c2)n1-c1ccccc1. The minimum atomic E-state index is -0.959. The van der Waals surface area contributed by atoms with Crippen LogP contribution >= 0.6 is 0 Å². The first kappa shape index (κ1) is 32.6. The topological polar surface area (TPSA) is 75.0 Å². The van der Waals surface area contributed by atoms with E-state index in [1.807, 2.05) is 133 Å². The second-order valence-electron chi connectivity index (χ2n) is 13.6. The van der Waals surface area contributed by atoms with Gasteiger partial charge in [0, 0.05) is 30.0 Å². The second kappa shape index (κ2) is 13.8. The Balaban J connectivity index is 1.45. The molecule has 0 saturated carbocycles. The minimum absolute atomic E-state index is 0.112. The summed E-state index contributed by atoms with van der Waals surface area (Å²) in [6.45, 7) is 9.16. The van der Waals surface area contributed by atoms with Crippen LogP contribution < -0.4 is 4.74 Å². The Morgan fingerprint density at radius 1 is 0.771 bits per heavy atom. The van der Waals surface area contributed by atoms with Gasteiger partial charge in [-0.2, -0.15) is 0 Å². The van der Waals surface area contributed by atoms with Crippen molar-refractivity contribution in [3.05, 3.63) is 144 Å². The molecule has 0 spiro atoms. The Hall–Kier alpha value is -5.30. The molecule has 5 aromatic rings. The third kappa shape index (κ3) is 6.86. The van der Waals surface area contributed by atoms with Gasteiger partial charge in [0.15, 0.2) is 0 Å². The molecular formula is C41H43N3O4. The molecule has 2 atom stereocenters. The van der Waals surface area contributed by atoms with Crippen LogP contribution in [0.4, 0.5) is 4.79 Å². The average molecular weight is 642 g/mol. The van der Waals surface area contributed by atoms with Gasteiger partial charge in [0.1, 0.15) is 12.4 Å². The van der Waals surface area contributed by atoms with Crippen molar-refractivity contribution in [2.75, 3.05) is 13.1 Å². The van der Waals surface area contributed by atoms with Gasteiger partial charge in [-0.25, -0.2) is 4.79 Å². The van der Waals surface area contributed by atoms with E-state index in [1.165, 1.54) is 4.90 Å². The van der Waals surface area contributed by atoms with Gasteiger partial charge in [-0.15, -0.1) is 0 Å². The van der Waals surface area contributed by atoms with Gasteiger partial charge in [0.05, 0.1) is 23.3 Å². The van der Waals surface area contributed by atoms with Gasteiger partial charge in [0.2, 0.25) is 0 Å². The average Bonchev–Trinajstić information content (AvgIpc) is 3.44. The lowest BCUT2D eigenvalue weighted by Crippen LogP contribution is -2.66. The summed E-state index contributed by atoms with van der Waals surface area (Å²) in [6, 6.07) is 39.2. The summed E-state index contributed by atoms with van der Waals surface area (Å²) < 4.78 is 8.36. The molecule has 1 saturated heterocycles. The van der Waals surface area contributed by atoms with Crippen LogP contribution in [0.25, 0.3) is 16.9 Å². The first-order chi connectivity index (χ1) is 23.1. The number of ether oxygens (including phenoxy) is 1. The molecule has 1 aliphatic heterocycles. The van der Waals surface area contributed by atoms with Gasteiger partial charge in [-0.1, -0.05) is 112 Å². The molecule has 7 nitrogen and oxygen atoms in total. The number of rotatable bonds is 8. The molecule has 6 rings (SSSR count). The first-order valence-electron chi connectivity index (χ1n) is 16.5. The summed E-state index contributed by atoms with van der Waals surface area (Å²) in [5.41, 5.74) is 5.79. The highest BCUT2D eigenvalue weighted by Gasteiger charge is 2.47. The second-order valence-corrected chi connectivity index (χ2v) is 13.6. The third-order valence-corrected chi connectivity index (χ3v) is 9.15. The summed E-state index contributed by atoms with van der Waals surface area (Å²) in [5.74, 6) is 0.594. The number of hydrogen-bond donors (Lipinski definition) is 1. The van der Waals surface area contributed by atoms with E-state index < -0.39 is 17.6 Å². The maximum atomic E-state index is 15.1. The lowest BCUT2D eigenvalue weighted by molar-refractivity contribution is -0.0144. The number of benzene rings is 4. The predicted octanol–water partition coefficient (Wildman–Crippen LogP) is 8.49. The smallest absolute Gasteiger partial charge is 0.407 e. The number of piperazine rings is 1. The van der Waals surface area contributed by atoms with Gasteiger partial charge in [0.25, 0.3) is 5.91 Å². The summed E-state index contributed by atoms with van der Waals surface area (Å²) in [7, 11) is 0. The van der Waals surface area contributed by atoms with E-state index in [1.54, 1.807) is 0 Å². The number of carbonyl (C=O) groups is 2. The van der Waals surface area contributed by atoms with Crippen molar-refractivity contribution < 1.29 is 19.4 Å². The number of hydrogen-bond acceptors (Lipinski definition) is 3. The number of nitrogens with zero attached hydrogens (tertiary/aromatic N) is 3. The summed E-state index contributed by atoms with van der Waals surface area (Å²) in [6.07, 6.45) is -0.423. The zero-order chi connectivity index (χ0) is 33.8. The van der Waals surface area contributed by atoms with E-state index in [9.17, 15) is 9.90 Å². The number of aryl methyl sites for hydroxylation is 1. The van der Waals surface area contributed by atoms with E-state index in [0.717, 1.165) is 33.8 Å². The first-order valence-corrected chi connectivity index (χ1v) is 16.5. The zero-order valence-corrected chi connectivity index (χ0v) is 28.0. The fraction of sp³-hybridized carbons (Fsp3) is 0.268. The van der Waals surface area contributed by atoms with Crippen LogP contribution in [-0.4, -0.2) is 56.6 Å². The molecule has 0 radical (unpaired) electrons. The number of carbonyl (C=O) groups excluding carboxylic acids is 1. The maximum absolute atomic E-state index is 15.1. The van der Waals surface area contributed by atoms with Gasteiger partial charge < -0.3 is 24.2 Å². The molecule has 1 unspecified atom stereocenters. The van der Waals surface area contributed by atoms with Crippen molar-refractivity contribution >= 4 is 12.0 Å². The Morgan fingerprint density at radius 2 is 1.38 bits per heavy atom. The standard InChI is InChI=1S/C41H43N3O4/c1-29-25-35(39(45)42-23-24-43(40(46)47)38(41(2,3)4)36(42)26-30-15-8-5-9-16-30)37(44(29)33-20-12-7-13-21-33)32-19-14-22-34(27-32)48-28-31-17-10-6-11-18-31/h5-22,25,27,36,38H,23-24,26,28H2,1-4H3,(H,46,47)/t36-,38?/m1/s1. The van der Waals surface area contributed by atoms with E-state index in [2.05, 4.69) is 25.3 Å². The van der Waals surface area contributed by atoms with Crippen LogP contribution in [0.5, 0.6) is 5.75 Å². The Kier molecular flexibility index (Phi) is 9.40. The van der Waals surface area contributed by atoms with Crippen molar-refractivity contribution in [2.24, 2.45) is 5.41 Å². The fourth-order valence-electron chi connectivity index (χ4n) is 7.11. The number of carboxylic acid groups (broad SMARTS) is 1. The highest BCUT2D eigenvalue weighted by molar-refractivity contribution is 6.01. The van der Waals surface area contributed by atoms with Crippen LogP contribution in [0.15, 0.2) is 121 Å². The molecule has 1 aromatic heterocycles. The quantitative estimate of drug-likeness (QED) is 0.184. The molecule has 1 aliphatic rings. The number of amides is 2. The molecular weight excluding hydrogens is 598 g/mol. The van der Waals surface area contributed by atoms with Crippen LogP contribution in [0.3, 0.4) is 0 Å². The summed E-state index contributed by atoms with van der Waals surface area (Å²) in [4.78, 5) is 31.1. The van der Waals surface area contributed by atoms with Crippen LogP contribution in [0.1, 0.15) is 48.0 Å². The number of para-hydroxylation sites is 1. The molecule has 4 aromatic carbocycles. The fourth-order valence-corrected chi connectivity index (χ4v) is 7.11. The molecule has 246 valence electrons. The molecule has 1 fully saturated rings. The van der Waals surface area contributed by atoms with E-state index in [0.29, 0.717) is 30.9 Å². The van der Waals surface area contributed by atoms with Crippen LogP contribution in [-0.2, 0) is 13.0 Å². The lowest BCUT2D eigenvalue weighted by Gasteiger charge is -2.51. The monoisotopic (exact) mass is 641 g/mol. The Morgan fingerprint density at radius 3 is 2.00 bits per heavy atom. The summed E-state index contributed by atoms with van der Waals surface area (Å²) >= 11 is 0. The van der Waals surface area contributed by atoms with Crippen LogP contribution in [0.2, 0.25) is 0 Å². The minimum Gasteiger partial charge on any atom is -0.489 e. The number of aromatic nitrogens is 1. The van der Waals surface area contributed by atoms with E-state index in [4.69, 9.17) is 4.74 Å².